The van der Waals surface area contributed by atoms with Gasteiger partial charge in [0, 0.05) is 4.47 Å². The molecule has 1 saturated heterocycles. The molecule has 0 aliphatic carbocycles. The van der Waals surface area contributed by atoms with Gasteiger partial charge in [-0.2, -0.15) is 0 Å². The van der Waals surface area contributed by atoms with Crippen LogP contribution in [0.4, 0.5) is 5.69 Å². The van der Waals surface area contributed by atoms with Gasteiger partial charge in [0.1, 0.15) is 12.4 Å². The monoisotopic (exact) mass is 522 g/mol. The van der Waals surface area contributed by atoms with E-state index in [1.165, 1.54) is 6.07 Å². The zero-order valence-corrected chi connectivity index (χ0v) is 20.5. The summed E-state index contributed by atoms with van der Waals surface area (Å²) in [5.74, 6) is -0.705. The summed E-state index contributed by atoms with van der Waals surface area (Å²) in [4.78, 5) is 25.3. The number of hydrogen-bond donors (Lipinski definition) is 3. The predicted molar refractivity (Wildman–Crippen MR) is 136 cm³/mol. The van der Waals surface area contributed by atoms with Crippen molar-refractivity contribution in [3.63, 3.8) is 0 Å². The molecule has 4 rings (SSSR count). The number of aryl methyl sites for hydroxylation is 1. The van der Waals surface area contributed by atoms with Gasteiger partial charge < -0.3 is 20.5 Å². The molecular weight excluding hydrogens is 496 g/mol. The Balaban J connectivity index is 1.68. The minimum atomic E-state index is -1.11. The first kappa shape index (κ1) is 24.0. The van der Waals surface area contributed by atoms with Gasteiger partial charge in [0.15, 0.2) is 0 Å². The molecule has 176 valence electrons. The van der Waals surface area contributed by atoms with E-state index in [-0.39, 0.29) is 11.3 Å². The van der Waals surface area contributed by atoms with Crippen molar-refractivity contribution in [3.05, 3.63) is 93.0 Å². The van der Waals surface area contributed by atoms with Gasteiger partial charge in [0.05, 0.1) is 16.8 Å². The number of carbonyl (C=O) groups is 2. The van der Waals surface area contributed by atoms with E-state index in [0.29, 0.717) is 28.3 Å². The van der Waals surface area contributed by atoms with E-state index in [1.54, 1.807) is 6.07 Å². The molecule has 0 bridgehead atoms. The molecule has 1 amide bonds. The first-order valence-electron chi connectivity index (χ1n) is 11.3. The van der Waals surface area contributed by atoms with Crippen LogP contribution in [0, 0.1) is 6.92 Å². The van der Waals surface area contributed by atoms with Crippen molar-refractivity contribution in [3.8, 4) is 5.75 Å². The Kier molecular flexibility index (Phi) is 7.65. The maximum absolute atomic E-state index is 13.5. The maximum Gasteiger partial charge on any atom is 0.337 e. The van der Waals surface area contributed by atoms with Gasteiger partial charge in [-0.3, -0.25) is 4.79 Å². The van der Waals surface area contributed by atoms with Crippen LogP contribution in [0.2, 0.25) is 0 Å². The maximum atomic E-state index is 13.5. The number of anilines is 1. The first-order valence-corrected chi connectivity index (χ1v) is 12.1. The van der Waals surface area contributed by atoms with E-state index in [9.17, 15) is 14.7 Å². The molecule has 0 atom stereocenters. The summed E-state index contributed by atoms with van der Waals surface area (Å²) in [5.41, 5.74) is 3.54. The zero-order chi connectivity index (χ0) is 24.1. The summed E-state index contributed by atoms with van der Waals surface area (Å²) in [7, 11) is 0. The fraction of sp³-hybridized carbons (Fsp3) is 0.259. The molecule has 6 nitrogen and oxygen atoms in total. The van der Waals surface area contributed by atoms with E-state index in [4.69, 9.17) is 4.74 Å². The second kappa shape index (κ2) is 10.8. The molecular formula is C27H27BrN2O4. The van der Waals surface area contributed by atoms with E-state index in [1.807, 2.05) is 55.5 Å². The Morgan fingerprint density at radius 1 is 1.06 bits per heavy atom. The van der Waals surface area contributed by atoms with E-state index < -0.39 is 11.9 Å². The van der Waals surface area contributed by atoms with Crippen LogP contribution in [0.1, 0.15) is 56.2 Å². The van der Waals surface area contributed by atoms with Gasteiger partial charge in [-0.05, 0) is 89.6 Å². The minimum Gasteiger partial charge on any atom is -0.488 e. The second-order valence-electron chi connectivity index (χ2n) is 8.43. The quantitative estimate of drug-likeness (QED) is 0.367. The summed E-state index contributed by atoms with van der Waals surface area (Å²) in [5, 5.41) is 15.8. The molecule has 1 aliphatic heterocycles. The number of benzene rings is 3. The standard InChI is InChI=1S/C27H27BrN2O4/c1-17-7-9-21(27(32)33)25(24(17)28)30-26(31)22-15-20(19-11-13-29-14-12-19)8-10-23(22)34-16-18-5-3-2-4-6-18/h2-10,15,19,29H,11-14,16H2,1H3,(H,30,31)(H,32,33). The van der Waals surface area contributed by atoms with Gasteiger partial charge >= 0.3 is 5.97 Å². The smallest absolute Gasteiger partial charge is 0.337 e. The van der Waals surface area contributed by atoms with E-state index >= 15 is 0 Å². The van der Waals surface area contributed by atoms with Crippen molar-refractivity contribution in [2.45, 2.75) is 32.3 Å². The number of hydrogen-bond acceptors (Lipinski definition) is 4. The van der Waals surface area contributed by atoms with Crippen LogP contribution >= 0.6 is 15.9 Å². The zero-order valence-electron chi connectivity index (χ0n) is 18.9. The largest absolute Gasteiger partial charge is 0.488 e. The highest BCUT2D eigenvalue weighted by atomic mass is 79.9. The number of carboxylic acids is 1. The molecule has 1 aliphatic rings. The number of aromatic carboxylic acids is 1. The number of amides is 1. The first-order chi connectivity index (χ1) is 16.4. The third kappa shape index (κ3) is 5.48. The summed E-state index contributed by atoms with van der Waals surface area (Å²) >= 11 is 3.44. The SMILES string of the molecule is Cc1ccc(C(=O)O)c(NC(=O)c2cc(C3CCNCC3)ccc2OCc2ccccc2)c1Br. The number of piperidine rings is 1. The lowest BCUT2D eigenvalue weighted by Crippen LogP contribution is -2.26. The summed E-state index contributed by atoms with van der Waals surface area (Å²) in [6.45, 7) is 4.05. The molecule has 7 heteroatoms. The molecule has 1 fully saturated rings. The normalized spacial score (nSPS) is 13.9. The third-order valence-corrected chi connectivity index (χ3v) is 7.12. The molecule has 3 aromatic rings. The lowest BCUT2D eigenvalue weighted by Gasteiger charge is -2.24. The second-order valence-corrected chi connectivity index (χ2v) is 9.23. The van der Waals surface area contributed by atoms with Gasteiger partial charge in [-0.25, -0.2) is 4.79 Å². The van der Waals surface area contributed by atoms with Crippen LogP contribution < -0.4 is 15.4 Å². The Hall–Kier alpha value is -3.16. The highest BCUT2D eigenvalue weighted by Crippen LogP contribution is 2.33. The molecule has 1 heterocycles. The topological polar surface area (TPSA) is 87.7 Å². The van der Waals surface area contributed by atoms with E-state index in [2.05, 4.69) is 26.6 Å². The number of ether oxygens (including phenoxy) is 1. The fourth-order valence-electron chi connectivity index (χ4n) is 4.16. The Labute approximate surface area is 207 Å². The van der Waals surface area contributed by atoms with Gasteiger partial charge in [-0.15, -0.1) is 0 Å². The Bertz CT molecular complexity index is 1190. The minimum absolute atomic E-state index is 0.0205. The number of carboxylic acid groups (broad SMARTS) is 1. The van der Waals surface area contributed by atoms with Crippen LogP contribution in [-0.2, 0) is 6.61 Å². The summed E-state index contributed by atoms with van der Waals surface area (Å²) in [6.07, 6.45) is 2.00. The lowest BCUT2D eigenvalue weighted by molar-refractivity contribution is 0.0698. The highest BCUT2D eigenvalue weighted by Gasteiger charge is 2.23. The molecule has 0 aromatic heterocycles. The van der Waals surface area contributed by atoms with Crippen LogP contribution in [0.5, 0.6) is 5.75 Å². The number of rotatable bonds is 7. The van der Waals surface area contributed by atoms with Crippen molar-refractivity contribution in [1.82, 2.24) is 5.32 Å². The van der Waals surface area contributed by atoms with Gasteiger partial charge in [0.2, 0.25) is 0 Å². The van der Waals surface area contributed by atoms with Crippen LogP contribution in [-0.4, -0.2) is 30.1 Å². The molecule has 0 unspecified atom stereocenters. The van der Waals surface area contributed by atoms with E-state index in [0.717, 1.165) is 42.6 Å². The molecule has 34 heavy (non-hydrogen) atoms. The number of carbonyl (C=O) groups excluding carboxylic acids is 1. The van der Waals surface area contributed by atoms with Crippen LogP contribution in [0.3, 0.4) is 0 Å². The summed E-state index contributed by atoms with van der Waals surface area (Å²) < 4.78 is 6.60. The molecule has 0 radical (unpaired) electrons. The van der Waals surface area contributed by atoms with Gasteiger partial charge in [-0.1, -0.05) is 42.5 Å². The Morgan fingerprint density at radius 2 is 1.79 bits per heavy atom. The van der Waals surface area contributed by atoms with Crippen molar-refractivity contribution >= 4 is 33.5 Å². The number of halogens is 1. The average molecular weight is 523 g/mol. The van der Waals surface area contributed by atoms with Crippen molar-refractivity contribution in [2.75, 3.05) is 18.4 Å². The predicted octanol–water partition coefficient (Wildman–Crippen LogP) is 5.75. The van der Waals surface area contributed by atoms with Crippen molar-refractivity contribution < 1.29 is 19.4 Å². The molecule has 3 N–H and O–H groups in total. The van der Waals surface area contributed by atoms with Crippen molar-refractivity contribution in [2.24, 2.45) is 0 Å². The molecule has 3 aromatic carbocycles. The molecule has 0 spiro atoms. The van der Waals surface area contributed by atoms with Crippen LogP contribution in [0.25, 0.3) is 0 Å². The van der Waals surface area contributed by atoms with Crippen LogP contribution in [0.15, 0.2) is 65.1 Å². The number of nitrogens with one attached hydrogen (secondary N) is 2. The average Bonchev–Trinajstić information content (AvgIpc) is 2.86. The highest BCUT2D eigenvalue weighted by molar-refractivity contribution is 9.10. The third-order valence-electron chi connectivity index (χ3n) is 6.10. The van der Waals surface area contributed by atoms with Crippen molar-refractivity contribution in [1.29, 1.82) is 0 Å². The fourth-order valence-corrected chi connectivity index (χ4v) is 4.60. The Morgan fingerprint density at radius 3 is 2.50 bits per heavy atom. The lowest BCUT2D eigenvalue weighted by atomic mass is 9.89. The van der Waals surface area contributed by atoms with Gasteiger partial charge in [0.25, 0.3) is 5.91 Å². The summed E-state index contributed by atoms with van der Waals surface area (Å²) in [6, 6.07) is 18.7. The molecule has 0 saturated carbocycles.